The molecule has 1 aromatic carbocycles. The zero-order valence-corrected chi connectivity index (χ0v) is 9.88. The third-order valence-corrected chi connectivity index (χ3v) is 3.97. The molecule has 0 radical (unpaired) electrons. The average molecular weight is 224 g/mol. The molecule has 0 saturated carbocycles. The highest BCUT2D eigenvalue weighted by Crippen LogP contribution is 2.42. The summed E-state index contributed by atoms with van der Waals surface area (Å²) in [6.45, 7) is 1.85. The van der Waals surface area contributed by atoms with Crippen LogP contribution in [0.1, 0.15) is 18.9 Å². The molecule has 0 aliphatic carbocycles. The first-order valence-corrected chi connectivity index (χ1v) is 6.09. The van der Waals surface area contributed by atoms with Crippen LogP contribution in [0.2, 0.25) is 0 Å². The van der Waals surface area contributed by atoms with Gasteiger partial charge < -0.3 is 9.84 Å². The second-order valence-corrected chi connectivity index (χ2v) is 5.31. The lowest BCUT2D eigenvalue weighted by Gasteiger charge is -2.09. The van der Waals surface area contributed by atoms with E-state index in [-0.39, 0.29) is 6.10 Å². The van der Waals surface area contributed by atoms with Crippen LogP contribution >= 0.6 is 11.8 Å². The van der Waals surface area contributed by atoms with Crippen LogP contribution in [0.5, 0.6) is 5.75 Å². The third kappa shape index (κ3) is 2.29. The molecule has 0 aromatic heterocycles. The van der Waals surface area contributed by atoms with E-state index in [2.05, 4.69) is 6.07 Å². The largest absolute Gasteiger partial charge is 0.496 e. The van der Waals surface area contributed by atoms with E-state index < -0.39 is 0 Å². The Balaban J connectivity index is 2.16. The van der Waals surface area contributed by atoms with Gasteiger partial charge >= 0.3 is 0 Å². The van der Waals surface area contributed by atoms with E-state index >= 15 is 0 Å². The molecular formula is C12H16O2S. The molecule has 0 saturated heterocycles. The highest BCUT2D eigenvalue weighted by Gasteiger charge is 2.25. The lowest BCUT2D eigenvalue weighted by molar-refractivity contribution is 0.184. The van der Waals surface area contributed by atoms with Gasteiger partial charge in [0, 0.05) is 15.7 Å². The molecule has 2 rings (SSSR count). The summed E-state index contributed by atoms with van der Waals surface area (Å²) in [5.74, 6) is 0.980. The molecule has 0 amide bonds. The Bertz CT molecular complexity index is 349. The van der Waals surface area contributed by atoms with Gasteiger partial charge in [-0.3, -0.25) is 0 Å². The van der Waals surface area contributed by atoms with E-state index in [0.29, 0.717) is 5.25 Å². The average Bonchev–Trinajstić information content (AvgIpc) is 2.58. The number of ether oxygens (including phenoxy) is 1. The maximum atomic E-state index is 9.37. The second kappa shape index (κ2) is 4.45. The standard InChI is InChI=1S/C12H16O2S/c1-8(13)6-9-7-10-11(14-2)4-3-5-12(10)15-9/h3-5,8-9,13H,6-7H2,1-2H3. The van der Waals surface area contributed by atoms with Crippen molar-refractivity contribution >= 4 is 11.8 Å². The first kappa shape index (κ1) is 10.8. The van der Waals surface area contributed by atoms with Gasteiger partial charge in [-0.15, -0.1) is 11.8 Å². The molecule has 0 spiro atoms. The zero-order chi connectivity index (χ0) is 10.8. The Labute approximate surface area is 94.6 Å². The molecule has 1 N–H and O–H groups in total. The summed E-state index contributed by atoms with van der Waals surface area (Å²) in [5, 5.41) is 9.87. The van der Waals surface area contributed by atoms with Crippen molar-refractivity contribution in [1.82, 2.24) is 0 Å². The van der Waals surface area contributed by atoms with Gasteiger partial charge in [-0.25, -0.2) is 0 Å². The summed E-state index contributed by atoms with van der Waals surface area (Å²) in [4.78, 5) is 1.31. The van der Waals surface area contributed by atoms with Gasteiger partial charge in [0.05, 0.1) is 13.2 Å². The fourth-order valence-corrected chi connectivity index (χ4v) is 3.48. The number of thioether (sulfide) groups is 1. The highest BCUT2D eigenvalue weighted by atomic mass is 32.2. The first-order valence-electron chi connectivity index (χ1n) is 5.21. The Kier molecular flexibility index (Phi) is 3.22. The van der Waals surface area contributed by atoms with Crippen LogP contribution in [-0.2, 0) is 6.42 Å². The maximum Gasteiger partial charge on any atom is 0.123 e. The number of aliphatic hydroxyl groups is 1. The van der Waals surface area contributed by atoms with Crippen molar-refractivity contribution < 1.29 is 9.84 Å². The third-order valence-electron chi connectivity index (χ3n) is 2.64. The SMILES string of the molecule is COc1cccc2c1CC(CC(C)O)S2. The van der Waals surface area contributed by atoms with Gasteiger partial charge in [0.25, 0.3) is 0 Å². The van der Waals surface area contributed by atoms with Crippen LogP contribution in [0.4, 0.5) is 0 Å². The molecule has 3 heteroatoms. The van der Waals surface area contributed by atoms with Crippen molar-refractivity contribution in [3.63, 3.8) is 0 Å². The predicted molar refractivity (Wildman–Crippen MR) is 62.6 cm³/mol. The van der Waals surface area contributed by atoms with Gasteiger partial charge in [0.2, 0.25) is 0 Å². The topological polar surface area (TPSA) is 29.5 Å². The van der Waals surface area contributed by atoms with Crippen LogP contribution in [-0.4, -0.2) is 23.6 Å². The summed E-state index contributed by atoms with van der Waals surface area (Å²) >= 11 is 1.85. The number of methoxy groups -OCH3 is 1. The van der Waals surface area contributed by atoms with Crippen LogP contribution in [0.15, 0.2) is 23.1 Å². The Morgan fingerprint density at radius 2 is 2.40 bits per heavy atom. The van der Waals surface area contributed by atoms with Gasteiger partial charge in [0.1, 0.15) is 5.75 Å². The van der Waals surface area contributed by atoms with E-state index in [4.69, 9.17) is 4.74 Å². The van der Waals surface area contributed by atoms with Crippen molar-refractivity contribution in [1.29, 1.82) is 0 Å². The molecule has 2 nitrogen and oxygen atoms in total. The van der Waals surface area contributed by atoms with Crippen LogP contribution in [0.25, 0.3) is 0 Å². The van der Waals surface area contributed by atoms with E-state index in [1.807, 2.05) is 30.8 Å². The van der Waals surface area contributed by atoms with Gasteiger partial charge in [0.15, 0.2) is 0 Å². The molecule has 1 heterocycles. The summed E-state index contributed by atoms with van der Waals surface area (Å²) in [5.41, 5.74) is 1.30. The van der Waals surface area contributed by atoms with E-state index in [0.717, 1.165) is 18.6 Å². The summed E-state index contributed by atoms with van der Waals surface area (Å²) in [6.07, 6.45) is 1.64. The number of hydrogen-bond donors (Lipinski definition) is 1. The first-order chi connectivity index (χ1) is 7.20. The maximum absolute atomic E-state index is 9.37. The minimum Gasteiger partial charge on any atom is -0.496 e. The summed E-state index contributed by atoms with van der Waals surface area (Å²) in [7, 11) is 1.71. The molecule has 0 bridgehead atoms. The minimum atomic E-state index is -0.220. The zero-order valence-electron chi connectivity index (χ0n) is 9.06. The fraction of sp³-hybridized carbons (Fsp3) is 0.500. The molecule has 82 valence electrons. The van der Waals surface area contributed by atoms with Crippen molar-refractivity contribution in [3.8, 4) is 5.75 Å². The molecule has 1 aliphatic rings. The number of hydrogen-bond acceptors (Lipinski definition) is 3. The van der Waals surface area contributed by atoms with Crippen molar-refractivity contribution in [2.24, 2.45) is 0 Å². The Morgan fingerprint density at radius 3 is 3.07 bits per heavy atom. The molecule has 15 heavy (non-hydrogen) atoms. The van der Waals surface area contributed by atoms with Gasteiger partial charge in [-0.05, 0) is 31.9 Å². The summed E-state index contributed by atoms with van der Waals surface area (Å²) in [6, 6.07) is 6.16. The van der Waals surface area contributed by atoms with Crippen molar-refractivity contribution in [2.75, 3.05) is 7.11 Å². The van der Waals surface area contributed by atoms with E-state index in [9.17, 15) is 5.11 Å². The monoisotopic (exact) mass is 224 g/mol. The number of fused-ring (bicyclic) bond motifs is 1. The molecule has 1 aromatic rings. The molecule has 2 unspecified atom stereocenters. The Hall–Kier alpha value is -0.670. The predicted octanol–water partition coefficient (Wildman–Crippen LogP) is 2.48. The van der Waals surface area contributed by atoms with Crippen LogP contribution < -0.4 is 4.74 Å². The fourth-order valence-electron chi connectivity index (χ4n) is 2.01. The lowest BCUT2D eigenvalue weighted by Crippen LogP contribution is -2.11. The van der Waals surface area contributed by atoms with E-state index in [1.54, 1.807) is 7.11 Å². The lowest BCUT2D eigenvalue weighted by atomic mass is 10.1. The number of aliphatic hydroxyl groups excluding tert-OH is 1. The van der Waals surface area contributed by atoms with E-state index in [1.165, 1.54) is 10.5 Å². The van der Waals surface area contributed by atoms with Gasteiger partial charge in [-0.2, -0.15) is 0 Å². The molecule has 0 fully saturated rings. The van der Waals surface area contributed by atoms with Gasteiger partial charge in [-0.1, -0.05) is 6.07 Å². The normalized spacial score (nSPS) is 21.1. The van der Waals surface area contributed by atoms with Crippen LogP contribution in [0, 0.1) is 0 Å². The second-order valence-electron chi connectivity index (χ2n) is 3.97. The quantitative estimate of drug-likeness (QED) is 0.855. The van der Waals surface area contributed by atoms with Crippen molar-refractivity contribution in [3.05, 3.63) is 23.8 Å². The molecule has 1 aliphatic heterocycles. The highest BCUT2D eigenvalue weighted by molar-refractivity contribution is 8.00. The van der Waals surface area contributed by atoms with Crippen LogP contribution in [0.3, 0.4) is 0 Å². The minimum absolute atomic E-state index is 0.220. The van der Waals surface area contributed by atoms with Crippen molar-refractivity contribution in [2.45, 2.75) is 36.0 Å². The molecular weight excluding hydrogens is 208 g/mol. The summed E-state index contributed by atoms with van der Waals surface area (Å²) < 4.78 is 5.33. The Morgan fingerprint density at radius 1 is 1.60 bits per heavy atom. The smallest absolute Gasteiger partial charge is 0.123 e. The molecule has 2 atom stereocenters. The number of benzene rings is 1. The number of rotatable bonds is 3.